The summed E-state index contributed by atoms with van der Waals surface area (Å²) in [6.45, 7) is 4.68. The van der Waals surface area contributed by atoms with Crippen LogP contribution in [0.4, 0.5) is 0 Å². The van der Waals surface area contributed by atoms with Crippen LogP contribution in [0.15, 0.2) is 0 Å². The summed E-state index contributed by atoms with van der Waals surface area (Å²) < 4.78 is 0. The van der Waals surface area contributed by atoms with Gasteiger partial charge in [-0.1, -0.05) is 13.8 Å². The van der Waals surface area contributed by atoms with Crippen molar-refractivity contribution in [2.24, 2.45) is 5.92 Å². The summed E-state index contributed by atoms with van der Waals surface area (Å²) in [7, 11) is 0. The van der Waals surface area contributed by atoms with E-state index in [9.17, 15) is 9.59 Å². The second-order valence-electron chi connectivity index (χ2n) is 4.22. The minimum absolute atomic E-state index is 0.0515. The Balaban J connectivity index is 4.08. The van der Waals surface area contributed by atoms with E-state index < -0.39 is 5.97 Å². The Morgan fingerprint density at radius 1 is 1.41 bits per heavy atom. The predicted octanol–water partition coefficient (Wildman–Crippen LogP) is 0.0589. The van der Waals surface area contributed by atoms with Crippen LogP contribution in [0.3, 0.4) is 0 Å². The van der Waals surface area contributed by atoms with Crippen molar-refractivity contribution in [1.29, 1.82) is 5.26 Å². The zero-order valence-electron chi connectivity index (χ0n) is 10.3. The van der Waals surface area contributed by atoms with Gasteiger partial charge in [-0.25, -0.2) is 0 Å². The molecule has 0 radical (unpaired) electrons. The number of carboxylic acids is 1. The van der Waals surface area contributed by atoms with Gasteiger partial charge in [0.2, 0.25) is 5.91 Å². The molecule has 0 saturated heterocycles. The van der Waals surface area contributed by atoms with Crippen LogP contribution in [0.2, 0.25) is 0 Å². The molecule has 0 aliphatic rings. The molecule has 96 valence electrons. The first-order chi connectivity index (χ1) is 7.95. The third-order valence-corrected chi connectivity index (χ3v) is 1.91. The maximum atomic E-state index is 11.4. The van der Waals surface area contributed by atoms with Crippen molar-refractivity contribution in [3.63, 3.8) is 0 Å². The molecule has 17 heavy (non-hydrogen) atoms. The molecule has 0 bridgehead atoms. The number of nitrogens with one attached hydrogen (secondary N) is 1. The van der Waals surface area contributed by atoms with E-state index in [1.165, 1.54) is 0 Å². The molecule has 0 atom stereocenters. The van der Waals surface area contributed by atoms with Gasteiger partial charge in [-0.3, -0.25) is 14.5 Å². The van der Waals surface area contributed by atoms with Crippen molar-refractivity contribution in [2.45, 2.75) is 20.3 Å². The molecule has 0 aliphatic carbocycles. The first-order valence-electron chi connectivity index (χ1n) is 5.53. The van der Waals surface area contributed by atoms with Crippen molar-refractivity contribution in [2.75, 3.05) is 26.2 Å². The Kier molecular flexibility index (Phi) is 7.72. The van der Waals surface area contributed by atoms with Crippen LogP contribution in [-0.2, 0) is 9.59 Å². The largest absolute Gasteiger partial charge is 0.480 e. The Hall–Kier alpha value is -1.61. The Morgan fingerprint density at radius 2 is 2.06 bits per heavy atom. The minimum atomic E-state index is -0.949. The summed E-state index contributed by atoms with van der Waals surface area (Å²) >= 11 is 0. The zero-order chi connectivity index (χ0) is 13.3. The van der Waals surface area contributed by atoms with Crippen LogP contribution in [0.1, 0.15) is 20.3 Å². The Labute approximate surface area is 101 Å². The first kappa shape index (κ1) is 15.4. The first-order valence-corrected chi connectivity index (χ1v) is 5.53. The number of rotatable bonds is 8. The third kappa shape index (κ3) is 9.33. The highest BCUT2D eigenvalue weighted by molar-refractivity contribution is 5.79. The molecular weight excluding hydrogens is 222 g/mol. The van der Waals surface area contributed by atoms with E-state index >= 15 is 0 Å². The maximum Gasteiger partial charge on any atom is 0.317 e. The molecule has 0 aromatic rings. The quantitative estimate of drug-likeness (QED) is 0.586. The average Bonchev–Trinajstić information content (AvgIpc) is 2.15. The van der Waals surface area contributed by atoms with Crippen LogP contribution < -0.4 is 5.32 Å². The van der Waals surface area contributed by atoms with Gasteiger partial charge in [0, 0.05) is 13.1 Å². The third-order valence-electron chi connectivity index (χ3n) is 1.91. The molecule has 0 unspecified atom stereocenters. The molecule has 1 amide bonds. The number of carbonyl (C=O) groups is 2. The number of hydrogen-bond acceptors (Lipinski definition) is 4. The van der Waals surface area contributed by atoms with E-state index in [-0.39, 0.29) is 25.4 Å². The second-order valence-corrected chi connectivity index (χ2v) is 4.22. The van der Waals surface area contributed by atoms with Crippen molar-refractivity contribution in [1.82, 2.24) is 10.2 Å². The molecule has 6 heteroatoms. The van der Waals surface area contributed by atoms with Gasteiger partial charge in [0.15, 0.2) is 0 Å². The summed E-state index contributed by atoms with van der Waals surface area (Å²) in [5, 5.41) is 19.6. The molecule has 0 heterocycles. The van der Waals surface area contributed by atoms with Gasteiger partial charge in [0.25, 0.3) is 0 Å². The van der Waals surface area contributed by atoms with E-state index in [1.807, 2.05) is 19.9 Å². The van der Waals surface area contributed by atoms with E-state index in [4.69, 9.17) is 10.4 Å². The number of nitriles is 1. The highest BCUT2D eigenvalue weighted by atomic mass is 16.4. The molecule has 0 fully saturated rings. The molecular formula is C11H19N3O3. The van der Waals surface area contributed by atoms with Crippen molar-refractivity contribution in [3.05, 3.63) is 0 Å². The van der Waals surface area contributed by atoms with Gasteiger partial charge in [-0.2, -0.15) is 5.26 Å². The number of carbonyl (C=O) groups excluding carboxylic acids is 1. The fraction of sp³-hybridized carbons (Fsp3) is 0.727. The van der Waals surface area contributed by atoms with Crippen molar-refractivity contribution < 1.29 is 14.7 Å². The lowest BCUT2D eigenvalue weighted by atomic mass is 10.2. The predicted molar refractivity (Wildman–Crippen MR) is 62.2 cm³/mol. The standard InChI is InChI=1S/C11H19N3O3/c1-9(2)6-14(8-11(16)17)7-10(15)13-5-3-4-12/h9H,3,5-8H2,1-2H3,(H,13,15)(H,16,17). The summed E-state index contributed by atoms with van der Waals surface area (Å²) in [6.07, 6.45) is 0.259. The number of nitrogens with zero attached hydrogens (tertiary/aromatic N) is 2. The van der Waals surface area contributed by atoms with Crippen LogP contribution >= 0.6 is 0 Å². The average molecular weight is 241 g/mol. The molecule has 2 N–H and O–H groups in total. The highest BCUT2D eigenvalue weighted by Gasteiger charge is 2.14. The molecule has 0 aromatic heterocycles. The smallest absolute Gasteiger partial charge is 0.317 e. The van der Waals surface area contributed by atoms with Crippen molar-refractivity contribution >= 4 is 11.9 Å². The minimum Gasteiger partial charge on any atom is -0.480 e. The lowest BCUT2D eigenvalue weighted by Crippen LogP contribution is -2.41. The van der Waals surface area contributed by atoms with Crippen LogP contribution in [-0.4, -0.2) is 48.1 Å². The highest BCUT2D eigenvalue weighted by Crippen LogP contribution is 1.98. The molecule has 0 saturated carbocycles. The van der Waals surface area contributed by atoms with Crippen LogP contribution in [0, 0.1) is 17.2 Å². The van der Waals surface area contributed by atoms with Crippen LogP contribution in [0.25, 0.3) is 0 Å². The fourth-order valence-corrected chi connectivity index (χ4v) is 1.41. The van der Waals surface area contributed by atoms with Gasteiger partial charge in [0.1, 0.15) is 0 Å². The molecule has 0 aromatic carbocycles. The van der Waals surface area contributed by atoms with E-state index in [2.05, 4.69) is 5.32 Å². The van der Waals surface area contributed by atoms with E-state index in [0.717, 1.165) is 0 Å². The number of carboxylic acid groups (broad SMARTS) is 1. The lowest BCUT2D eigenvalue weighted by molar-refractivity contribution is -0.138. The number of hydrogen-bond donors (Lipinski definition) is 2. The van der Waals surface area contributed by atoms with Crippen molar-refractivity contribution in [3.8, 4) is 6.07 Å². The second kappa shape index (κ2) is 8.53. The summed E-state index contributed by atoms with van der Waals surface area (Å²) in [5.74, 6) is -0.904. The molecule has 0 rings (SSSR count). The van der Waals surface area contributed by atoms with Gasteiger partial charge in [-0.15, -0.1) is 0 Å². The summed E-state index contributed by atoms with van der Waals surface area (Å²) in [5.41, 5.74) is 0. The van der Waals surface area contributed by atoms with E-state index in [0.29, 0.717) is 19.0 Å². The Bertz CT molecular complexity index is 297. The monoisotopic (exact) mass is 241 g/mol. The SMILES string of the molecule is CC(C)CN(CC(=O)O)CC(=O)NCCC#N. The van der Waals surface area contributed by atoms with Gasteiger partial charge >= 0.3 is 5.97 Å². The molecule has 0 spiro atoms. The maximum absolute atomic E-state index is 11.4. The van der Waals surface area contributed by atoms with Gasteiger partial charge in [-0.05, 0) is 5.92 Å². The zero-order valence-corrected chi connectivity index (χ0v) is 10.3. The number of amides is 1. The van der Waals surface area contributed by atoms with Gasteiger partial charge in [0.05, 0.1) is 25.6 Å². The van der Waals surface area contributed by atoms with Crippen LogP contribution in [0.5, 0.6) is 0 Å². The lowest BCUT2D eigenvalue weighted by Gasteiger charge is -2.21. The van der Waals surface area contributed by atoms with E-state index in [1.54, 1.807) is 4.90 Å². The molecule has 6 nitrogen and oxygen atoms in total. The number of aliphatic carboxylic acids is 1. The summed E-state index contributed by atoms with van der Waals surface area (Å²) in [4.78, 5) is 23.6. The normalized spacial score (nSPS) is 10.3. The fourth-order valence-electron chi connectivity index (χ4n) is 1.41. The molecule has 0 aliphatic heterocycles. The topological polar surface area (TPSA) is 93.4 Å². The summed E-state index contributed by atoms with van der Waals surface area (Å²) in [6, 6.07) is 1.92. The van der Waals surface area contributed by atoms with Gasteiger partial charge < -0.3 is 10.4 Å². The Morgan fingerprint density at radius 3 is 2.53 bits per heavy atom.